The zero-order valence-electron chi connectivity index (χ0n) is 15.9. The van der Waals surface area contributed by atoms with Gasteiger partial charge in [0.25, 0.3) is 0 Å². The molecule has 0 unspecified atom stereocenters. The highest BCUT2D eigenvalue weighted by atomic mass is 35.5. The minimum absolute atomic E-state index is 0.0170. The molecule has 0 aliphatic heterocycles. The van der Waals surface area contributed by atoms with E-state index in [4.69, 9.17) is 32.6 Å². The highest BCUT2D eigenvalue weighted by Gasteiger charge is 2.21. The van der Waals surface area contributed by atoms with E-state index in [-0.39, 0.29) is 22.3 Å². The third-order valence-corrected chi connectivity index (χ3v) is 5.65. The summed E-state index contributed by atoms with van der Waals surface area (Å²) in [6.45, 7) is 0. The molecule has 5 aromatic rings. The Bertz CT molecular complexity index is 1440. The summed E-state index contributed by atoms with van der Waals surface area (Å²) in [5.74, 6) is 0.344. The first kappa shape index (κ1) is 19.4. The second-order valence-electron chi connectivity index (χ2n) is 6.93. The number of benzene rings is 3. The minimum atomic E-state index is -0.272. The first-order valence-corrected chi connectivity index (χ1v) is 10.1. The molecule has 7 heteroatoms. The van der Waals surface area contributed by atoms with Crippen molar-refractivity contribution in [3.8, 4) is 39.7 Å². The Hall–Kier alpha value is -3.54. The second kappa shape index (κ2) is 7.61. The van der Waals surface area contributed by atoms with Crippen LogP contribution in [0.1, 0.15) is 0 Å². The quantitative estimate of drug-likeness (QED) is 0.328. The normalized spacial score (nSPS) is 11.2. The number of aromatic hydroxyl groups is 1. The van der Waals surface area contributed by atoms with Gasteiger partial charge in [0.05, 0.1) is 21.8 Å². The number of hydrogen-bond acceptors (Lipinski definition) is 4. The van der Waals surface area contributed by atoms with Crippen LogP contribution in [0.25, 0.3) is 44.9 Å². The predicted octanol–water partition coefficient (Wildman–Crippen LogP) is 6.53. The number of imidazole rings is 1. The molecule has 0 atom stereocenters. The van der Waals surface area contributed by atoms with Gasteiger partial charge in [0.2, 0.25) is 5.43 Å². The molecule has 0 saturated carbocycles. The third kappa shape index (κ3) is 3.38. The van der Waals surface area contributed by atoms with Crippen molar-refractivity contribution in [1.82, 2.24) is 9.97 Å². The van der Waals surface area contributed by atoms with Crippen LogP contribution in [0.5, 0.6) is 5.75 Å². The number of fused-ring (bicyclic) bond motifs is 1. The van der Waals surface area contributed by atoms with Gasteiger partial charge >= 0.3 is 0 Å². The average molecular weight is 449 g/mol. The fourth-order valence-electron chi connectivity index (χ4n) is 3.49. The van der Waals surface area contributed by atoms with Gasteiger partial charge in [-0.1, -0.05) is 59.6 Å². The molecule has 0 saturated heterocycles. The molecule has 5 nitrogen and oxygen atoms in total. The van der Waals surface area contributed by atoms with E-state index in [2.05, 4.69) is 4.98 Å². The van der Waals surface area contributed by atoms with Crippen LogP contribution < -0.4 is 5.43 Å². The minimum Gasteiger partial charge on any atom is -0.508 e. The molecule has 3 aromatic carbocycles. The van der Waals surface area contributed by atoms with Crippen LogP contribution in [0.3, 0.4) is 0 Å². The summed E-state index contributed by atoms with van der Waals surface area (Å²) in [5, 5.41) is 11.0. The van der Waals surface area contributed by atoms with Gasteiger partial charge in [-0.15, -0.1) is 0 Å². The van der Waals surface area contributed by atoms with E-state index in [9.17, 15) is 9.90 Å². The molecular weight excluding hydrogens is 435 g/mol. The van der Waals surface area contributed by atoms with Crippen molar-refractivity contribution in [3.05, 3.63) is 93.3 Å². The number of nitrogens with zero attached hydrogens (tertiary/aromatic N) is 1. The second-order valence-corrected chi connectivity index (χ2v) is 7.74. The topological polar surface area (TPSA) is 79.1 Å². The summed E-state index contributed by atoms with van der Waals surface area (Å²) < 4.78 is 5.59. The molecule has 2 heterocycles. The predicted molar refractivity (Wildman–Crippen MR) is 123 cm³/mol. The highest BCUT2D eigenvalue weighted by molar-refractivity contribution is 6.34. The molecule has 0 fully saturated rings. The maximum atomic E-state index is 13.1. The van der Waals surface area contributed by atoms with Crippen molar-refractivity contribution >= 4 is 34.2 Å². The SMILES string of the molecule is O=c1c(-c2nc(-c3ccccc3Cl)c(-c3ccccc3Cl)[nH]2)coc2cc(O)ccc12. The van der Waals surface area contributed by atoms with Crippen LogP contribution in [-0.4, -0.2) is 15.1 Å². The zero-order valence-corrected chi connectivity index (χ0v) is 17.4. The largest absolute Gasteiger partial charge is 0.508 e. The van der Waals surface area contributed by atoms with Crippen LogP contribution in [0.4, 0.5) is 0 Å². The molecule has 0 bridgehead atoms. The lowest BCUT2D eigenvalue weighted by atomic mass is 10.1. The number of nitrogens with one attached hydrogen (secondary N) is 1. The maximum Gasteiger partial charge on any atom is 0.203 e. The van der Waals surface area contributed by atoms with Crippen LogP contribution in [-0.2, 0) is 0 Å². The van der Waals surface area contributed by atoms with E-state index in [1.54, 1.807) is 12.1 Å². The van der Waals surface area contributed by atoms with Gasteiger partial charge in [-0.25, -0.2) is 4.98 Å². The number of phenols is 1. The monoisotopic (exact) mass is 448 g/mol. The molecule has 0 spiro atoms. The van der Waals surface area contributed by atoms with E-state index in [0.29, 0.717) is 38.2 Å². The molecule has 0 amide bonds. The number of H-pyrrole nitrogens is 1. The number of aromatic amines is 1. The number of halogens is 2. The summed E-state index contributed by atoms with van der Waals surface area (Å²) in [5.41, 5.74) is 2.91. The number of rotatable bonds is 3. The third-order valence-electron chi connectivity index (χ3n) is 4.99. The van der Waals surface area contributed by atoms with Crippen LogP contribution in [0.2, 0.25) is 10.0 Å². The number of aromatic nitrogens is 2. The molecule has 31 heavy (non-hydrogen) atoms. The fourth-order valence-corrected chi connectivity index (χ4v) is 3.94. The van der Waals surface area contributed by atoms with Gasteiger partial charge < -0.3 is 14.5 Å². The number of hydrogen-bond donors (Lipinski definition) is 2. The average Bonchev–Trinajstić information content (AvgIpc) is 3.19. The van der Waals surface area contributed by atoms with Gasteiger partial charge in [0.15, 0.2) is 0 Å². The van der Waals surface area contributed by atoms with E-state index < -0.39 is 0 Å². The smallest absolute Gasteiger partial charge is 0.203 e. The molecule has 0 aliphatic rings. The molecule has 0 aliphatic carbocycles. The first-order valence-electron chi connectivity index (χ1n) is 9.37. The van der Waals surface area contributed by atoms with E-state index >= 15 is 0 Å². The zero-order chi connectivity index (χ0) is 21.5. The van der Waals surface area contributed by atoms with Crippen molar-refractivity contribution in [3.63, 3.8) is 0 Å². The summed E-state index contributed by atoms with van der Waals surface area (Å²) in [4.78, 5) is 21.1. The lowest BCUT2D eigenvalue weighted by Gasteiger charge is -2.06. The van der Waals surface area contributed by atoms with Crippen LogP contribution >= 0.6 is 23.2 Å². The van der Waals surface area contributed by atoms with Crippen molar-refractivity contribution in [2.45, 2.75) is 0 Å². The number of phenolic OH excluding ortho intramolecular Hbond substituents is 1. The van der Waals surface area contributed by atoms with Crippen LogP contribution in [0.15, 0.2) is 82.2 Å². The van der Waals surface area contributed by atoms with Crippen molar-refractivity contribution in [1.29, 1.82) is 0 Å². The Labute approximate surface area is 186 Å². The lowest BCUT2D eigenvalue weighted by Crippen LogP contribution is -2.05. The molecule has 0 radical (unpaired) electrons. The Balaban J connectivity index is 1.78. The van der Waals surface area contributed by atoms with E-state index in [1.165, 1.54) is 24.5 Å². The molecule has 2 aromatic heterocycles. The Kier molecular flexibility index (Phi) is 4.77. The van der Waals surface area contributed by atoms with E-state index in [0.717, 1.165) is 5.56 Å². The summed E-state index contributed by atoms with van der Waals surface area (Å²) in [6.07, 6.45) is 1.33. The Morgan fingerprint density at radius 1 is 0.871 bits per heavy atom. The molecule has 152 valence electrons. The lowest BCUT2D eigenvalue weighted by molar-refractivity contribution is 0.474. The Morgan fingerprint density at radius 3 is 2.26 bits per heavy atom. The fraction of sp³-hybridized carbons (Fsp3) is 0. The maximum absolute atomic E-state index is 13.1. The highest BCUT2D eigenvalue weighted by Crippen LogP contribution is 2.38. The molecule has 2 N–H and O–H groups in total. The van der Waals surface area contributed by atoms with Crippen LogP contribution in [0, 0.1) is 0 Å². The Morgan fingerprint density at radius 2 is 1.55 bits per heavy atom. The van der Waals surface area contributed by atoms with Gasteiger partial charge in [0, 0.05) is 22.2 Å². The van der Waals surface area contributed by atoms with Crippen molar-refractivity contribution in [2.75, 3.05) is 0 Å². The van der Waals surface area contributed by atoms with Gasteiger partial charge in [0.1, 0.15) is 29.0 Å². The first-order chi connectivity index (χ1) is 15.0. The molecule has 5 rings (SSSR count). The van der Waals surface area contributed by atoms with Crippen molar-refractivity contribution in [2.24, 2.45) is 0 Å². The summed E-state index contributed by atoms with van der Waals surface area (Å²) in [7, 11) is 0. The van der Waals surface area contributed by atoms with Gasteiger partial charge in [-0.05, 0) is 24.3 Å². The van der Waals surface area contributed by atoms with Gasteiger partial charge in [-0.3, -0.25) is 4.79 Å². The van der Waals surface area contributed by atoms with Gasteiger partial charge in [-0.2, -0.15) is 0 Å². The van der Waals surface area contributed by atoms with Crippen molar-refractivity contribution < 1.29 is 9.52 Å². The molecular formula is C24H14Cl2N2O3. The standard InChI is InChI=1S/C24H14Cl2N2O3/c25-18-7-3-1-5-14(18)21-22(15-6-2-4-8-19(15)26)28-24(27-21)17-12-31-20-11-13(29)9-10-16(20)23(17)30/h1-12,29H,(H,27,28). The van der Waals surface area contributed by atoms with E-state index in [1.807, 2.05) is 36.4 Å². The summed E-state index contributed by atoms with van der Waals surface area (Å²) in [6, 6.07) is 19.0. The summed E-state index contributed by atoms with van der Waals surface area (Å²) >= 11 is 12.9.